The first-order valence-electron chi connectivity index (χ1n) is 6.50. The quantitative estimate of drug-likeness (QED) is 0.782. The molecule has 0 radical (unpaired) electrons. The molecule has 0 saturated carbocycles. The molecule has 1 aromatic rings. The van der Waals surface area contributed by atoms with Crippen molar-refractivity contribution >= 4 is 17.5 Å². The molecule has 0 amide bonds. The summed E-state index contributed by atoms with van der Waals surface area (Å²) in [6, 6.07) is 6.52. The van der Waals surface area contributed by atoms with Crippen molar-refractivity contribution in [2.75, 3.05) is 24.6 Å². The first-order chi connectivity index (χ1) is 8.58. The first-order valence-corrected chi connectivity index (χ1v) is 7.65. The van der Waals surface area contributed by atoms with Crippen molar-refractivity contribution in [2.45, 2.75) is 26.8 Å². The van der Waals surface area contributed by atoms with Gasteiger partial charge in [0.1, 0.15) is 0 Å². The molecule has 2 nitrogen and oxygen atoms in total. The summed E-state index contributed by atoms with van der Waals surface area (Å²) in [6.45, 7) is 7.94. The minimum absolute atomic E-state index is 0.247. The van der Waals surface area contributed by atoms with Gasteiger partial charge in [-0.2, -0.15) is 11.8 Å². The van der Waals surface area contributed by atoms with Crippen LogP contribution in [0.25, 0.3) is 0 Å². The van der Waals surface area contributed by atoms with Crippen molar-refractivity contribution in [3.8, 4) is 0 Å². The molecule has 0 aliphatic carbocycles. The fourth-order valence-corrected chi connectivity index (χ4v) is 3.27. The van der Waals surface area contributed by atoms with Crippen LogP contribution in [0.4, 0.5) is 0 Å². The summed E-state index contributed by atoms with van der Waals surface area (Å²) in [6.07, 6.45) is 0. The molecular formula is C15H21NOS. The van der Waals surface area contributed by atoms with Gasteiger partial charge in [-0.1, -0.05) is 12.1 Å². The van der Waals surface area contributed by atoms with Gasteiger partial charge < -0.3 is 0 Å². The maximum atomic E-state index is 12.3. The number of hydrogen-bond donors (Lipinski definition) is 0. The number of carbonyl (C=O) groups is 1. The average molecular weight is 263 g/mol. The molecule has 0 spiro atoms. The van der Waals surface area contributed by atoms with Crippen LogP contribution in [0.1, 0.15) is 28.4 Å². The molecule has 98 valence electrons. The molecule has 1 unspecified atom stereocenters. The number of Topliss-reactive ketones (excluding diaryl/α,β-unsaturated/α-hetero) is 1. The van der Waals surface area contributed by atoms with Crippen LogP contribution in [0, 0.1) is 13.8 Å². The Hall–Kier alpha value is -0.800. The van der Waals surface area contributed by atoms with E-state index in [1.807, 2.05) is 30.0 Å². The third-order valence-electron chi connectivity index (χ3n) is 3.68. The molecule has 18 heavy (non-hydrogen) atoms. The van der Waals surface area contributed by atoms with Gasteiger partial charge in [0.05, 0.1) is 6.54 Å². The fourth-order valence-electron chi connectivity index (χ4n) is 2.19. The summed E-state index contributed by atoms with van der Waals surface area (Å²) < 4.78 is 0. The standard InChI is InChI=1S/C15H21NOS/c1-11-4-5-14(8-12(11)2)15(17)9-16-6-7-18-10-13(16)3/h4-5,8,13H,6-7,9-10H2,1-3H3. The van der Waals surface area contributed by atoms with E-state index in [-0.39, 0.29) is 5.78 Å². The van der Waals surface area contributed by atoms with E-state index in [1.54, 1.807) is 0 Å². The smallest absolute Gasteiger partial charge is 0.176 e. The SMILES string of the molecule is Cc1ccc(C(=O)CN2CCSCC2C)cc1C. The van der Waals surface area contributed by atoms with E-state index >= 15 is 0 Å². The predicted octanol–water partition coefficient (Wildman–Crippen LogP) is 2.92. The van der Waals surface area contributed by atoms with Crippen LogP contribution in [-0.4, -0.2) is 41.3 Å². The number of hydrogen-bond acceptors (Lipinski definition) is 3. The van der Waals surface area contributed by atoms with Crippen molar-refractivity contribution in [3.05, 3.63) is 34.9 Å². The monoisotopic (exact) mass is 263 g/mol. The predicted molar refractivity (Wildman–Crippen MR) is 78.6 cm³/mol. The zero-order chi connectivity index (χ0) is 13.1. The van der Waals surface area contributed by atoms with Gasteiger partial charge in [-0.3, -0.25) is 9.69 Å². The van der Waals surface area contributed by atoms with Gasteiger partial charge in [-0.25, -0.2) is 0 Å². The summed E-state index contributed by atoms with van der Waals surface area (Å²) in [7, 11) is 0. The summed E-state index contributed by atoms with van der Waals surface area (Å²) >= 11 is 1.98. The number of benzene rings is 1. The van der Waals surface area contributed by atoms with Gasteiger partial charge in [0.15, 0.2) is 5.78 Å². The summed E-state index contributed by atoms with van der Waals surface area (Å²) in [5.74, 6) is 2.53. The highest BCUT2D eigenvalue weighted by Crippen LogP contribution is 2.17. The number of thioether (sulfide) groups is 1. The van der Waals surface area contributed by atoms with Crippen LogP contribution in [0.2, 0.25) is 0 Å². The highest BCUT2D eigenvalue weighted by Gasteiger charge is 2.21. The van der Waals surface area contributed by atoms with Gasteiger partial charge in [0.25, 0.3) is 0 Å². The number of ketones is 1. The van der Waals surface area contributed by atoms with Crippen LogP contribution < -0.4 is 0 Å². The Labute approximate surface area is 114 Å². The third-order valence-corrected chi connectivity index (χ3v) is 4.87. The molecule has 0 aromatic heterocycles. The zero-order valence-electron chi connectivity index (χ0n) is 11.4. The van der Waals surface area contributed by atoms with E-state index in [4.69, 9.17) is 0 Å². The van der Waals surface area contributed by atoms with Crippen molar-refractivity contribution in [3.63, 3.8) is 0 Å². The Morgan fingerprint density at radius 1 is 1.39 bits per heavy atom. The van der Waals surface area contributed by atoms with Crippen LogP contribution in [0.5, 0.6) is 0 Å². The highest BCUT2D eigenvalue weighted by atomic mass is 32.2. The average Bonchev–Trinajstić information content (AvgIpc) is 2.35. The number of aryl methyl sites for hydroxylation is 2. The van der Waals surface area contributed by atoms with E-state index in [0.29, 0.717) is 12.6 Å². The molecule has 0 N–H and O–H groups in total. The topological polar surface area (TPSA) is 20.3 Å². The minimum Gasteiger partial charge on any atom is -0.293 e. The van der Waals surface area contributed by atoms with Gasteiger partial charge >= 0.3 is 0 Å². The van der Waals surface area contributed by atoms with E-state index < -0.39 is 0 Å². The first kappa shape index (κ1) is 13.6. The van der Waals surface area contributed by atoms with Gasteiger partial charge in [-0.05, 0) is 38.0 Å². The lowest BCUT2D eigenvalue weighted by Gasteiger charge is -2.32. The molecule has 1 heterocycles. The summed E-state index contributed by atoms with van der Waals surface area (Å²) in [5.41, 5.74) is 3.29. The largest absolute Gasteiger partial charge is 0.293 e. The van der Waals surface area contributed by atoms with Crippen molar-refractivity contribution in [1.29, 1.82) is 0 Å². The van der Waals surface area contributed by atoms with E-state index in [0.717, 1.165) is 23.6 Å². The van der Waals surface area contributed by atoms with Crippen LogP contribution in [0.3, 0.4) is 0 Å². The van der Waals surface area contributed by atoms with E-state index in [9.17, 15) is 4.79 Å². The Morgan fingerprint density at radius 2 is 2.17 bits per heavy atom. The lowest BCUT2D eigenvalue weighted by Crippen LogP contribution is -2.43. The molecule has 1 aliphatic rings. The lowest BCUT2D eigenvalue weighted by molar-refractivity contribution is 0.0911. The number of nitrogens with zero attached hydrogens (tertiary/aromatic N) is 1. The van der Waals surface area contributed by atoms with Crippen LogP contribution in [0.15, 0.2) is 18.2 Å². The van der Waals surface area contributed by atoms with Crippen molar-refractivity contribution < 1.29 is 4.79 Å². The Kier molecular flexibility index (Phi) is 4.46. The molecule has 1 fully saturated rings. The van der Waals surface area contributed by atoms with Crippen molar-refractivity contribution in [1.82, 2.24) is 4.90 Å². The number of rotatable bonds is 3. The third kappa shape index (κ3) is 3.15. The van der Waals surface area contributed by atoms with E-state index in [1.165, 1.54) is 11.1 Å². The molecule has 3 heteroatoms. The lowest BCUT2D eigenvalue weighted by atomic mass is 10.0. The van der Waals surface area contributed by atoms with Crippen molar-refractivity contribution in [2.24, 2.45) is 0 Å². The maximum Gasteiger partial charge on any atom is 0.176 e. The summed E-state index contributed by atoms with van der Waals surface area (Å²) in [5, 5.41) is 0. The zero-order valence-corrected chi connectivity index (χ0v) is 12.2. The Morgan fingerprint density at radius 3 is 2.83 bits per heavy atom. The van der Waals surface area contributed by atoms with Crippen LogP contribution in [-0.2, 0) is 0 Å². The Balaban J connectivity index is 2.04. The fraction of sp³-hybridized carbons (Fsp3) is 0.533. The van der Waals surface area contributed by atoms with Gasteiger partial charge in [0, 0.05) is 29.7 Å². The number of carbonyl (C=O) groups excluding carboxylic acids is 1. The second-order valence-electron chi connectivity index (χ2n) is 5.12. The molecule has 2 rings (SSSR count). The highest BCUT2D eigenvalue weighted by molar-refractivity contribution is 7.99. The normalized spacial score (nSPS) is 20.9. The van der Waals surface area contributed by atoms with Gasteiger partial charge in [0.2, 0.25) is 0 Å². The molecule has 1 aliphatic heterocycles. The van der Waals surface area contributed by atoms with E-state index in [2.05, 4.69) is 25.7 Å². The second kappa shape index (κ2) is 5.89. The molecule has 1 saturated heterocycles. The maximum absolute atomic E-state index is 12.3. The van der Waals surface area contributed by atoms with Gasteiger partial charge in [-0.15, -0.1) is 0 Å². The second-order valence-corrected chi connectivity index (χ2v) is 6.27. The summed E-state index contributed by atoms with van der Waals surface area (Å²) in [4.78, 5) is 14.6. The molecule has 1 atom stereocenters. The molecular weight excluding hydrogens is 242 g/mol. The molecule has 1 aromatic carbocycles. The van der Waals surface area contributed by atoms with Crippen LogP contribution >= 0.6 is 11.8 Å². The Bertz CT molecular complexity index is 444. The molecule has 0 bridgehead atoms. The minimum atomic E-state index is 0.247.